The van der Waals surface area contributed by atoms with E-state index in [1.165, 1.54) is 0 Å². The number of para-hydroxylation sites is 1. The lowest BCUT2D eigenvalue weighted by molar-refractivity contribution is 0.0499. The quantitative estimate of drug-likeness (QED) is 0.415. The first-order chi connectivity index (χ1) is 13.6. The van der Waals surface area contributed by atoms with Crippen LogP contribution in [-0.2, 0) is 4.74 Å². The third-order valence-corrected chi connectivity index (χ3v) is 4.41. The number of ether oxygens (including phenoxy) is 2. The zero-order chi connectivity index (χ0) is 19.9. The molecule has 0 fully saturated rings. The summed E-state index contributed by atoms with van der Waals surface area (Å²) in [5, 5.41) is 5.61. The van der Waals surface area contributed by atoms with Gasteiger partial charge >= 0.3 is 5.97 Å². The Labute approximate surface area is 165 Å². The molecule has 0 amide bonds. The van der Waals surface area contributed by atoms with E-state index >= 15 is 0 Å². The van der Waals surface area contributed by atoms with Crippen LogP contribution >= 0.6 is 0 Å². The Morgan fingerprint density at radius 2 is 1.82 bits per heavy atom. The van der Waals surface area contributed by atoms with Crippen LogP contribution in [0.4, 0.5) is 0 Å². The third-order valence-electron chi connectivity index (χ3n) is 4.41. The Hall–Kier alpha value is -2.86. The second kappa shape index (κ2) is 9.37. The van der Waals surface area contributed by atoms with Crippen LogP contribution < -0.4 is 4.74 Å². The molecule has 148 valence electrons. The number of carbonyl (C=O) groups is 1. The number of esters is 1. The minimum Gasteiger partial charge on any atom is -0.475 e. The van der Waals surface area contributed by atoms with Crippen LogP contribution in [0.5, 0.6) is 5.88 Å². The van der Waals surface area contributed by atoms with Gasteiger partial charge in [0.2, 0.25) is 5.88 Å². The molecule has 3 rings (SSSR count). The number of unbranched alkanes of at least 4 members (excludes halogenated alkanes) is 1. The fourth-order valence-corrected chi connectivity index (χ4v) is 2.80. The number of hydrogen-bond donors (Lipinski definition) is 0. The van der Waals surface area contributed by atoms with Crippen molar-refractivity contribution in [3.8, 4) is 11.6 Å². The molecule has 0 aliphatic heterocycles. The summed E-state index contributed by atoms with van der Waals surface area (Å²) in [7, 11) is 4.02. The van der Waals surface area contributed by atoms with Gasteiger partial charge in [-0.25, -0.2) is 9.48 Å². The van der Waals surface area contributed by atoms with Gasteiger partial charge in [0.25, 0.3) is 0 Å². The van der Waals surface area contributed by atoms with E-state index in [1.807, 2.05) is 55.2 Å². The van der Waals surface area contributed by atoms with Crippen molar-refractivity contribution in [3.63, 3.8) is 0 Å². The summed E-state index contributed by atoms with van der Waals surface area (Å²) in [5.74, 6) is 0.318. The van der Waals surface area contributed by atoms with Crippen molar-refractivity contribution in [2.45, 2.75) is 19.8 Å². The highest BCUT2D eigenvalue weighted by molar-refractivity contribution is 5.90. The van der Waals surface area contributed by atoms with Gasteiger partial charge in [-0.15, -0.1) is 5.10 Å². The van der Waals surface area contributed by atoms with Crippen molar-refractivity contribution in [2.24, 2.45) is 0 Å². The van der Waals surface area contributed by atoms with Gasteiger partial charge < -0.3 is 14.4 Å². The average molecular weight is 381 g/mol. The Morgan fingerprint density at radius 1 is 1.07 bits per heavy atom. The maximum absolute atomic E-state index is 12.1. The van der Waals surface area contributed by atoms with Crippen LogP contribution in [-0.4, -0.2) is 54.5 Å². The number of aromatic nitrogens is 2. The fourth-order valence-electron chi connectivity index (χ4n) is 2.80. The Kier molecular flexibility index (Phi) is 6.66. The molecule has 0 bridgehead atoms. The topological polar surface area (TPSA) is 56.6 Å². The zero-order valence-corrected chi connectivity index (χ0v) is 16.7. The van der Waals surface area contributed by atoms with Crippen molar-refractivity contribution >= 4 is 16.9 Å². The molecule has 0 aliphatic rings. The second-order valence-electron chi connectivity index (χ2n) is 6.92. The first kappa shape index (κ1) is 19.9. The van der Waals surface area contributed by atoms with E-state index in [0.29, 0.717) is 24.7 Å². The largest absolute Gasteiger partial charge is 0.475 e. The molecule has 0 spiro atoms. The summed E-state index contributed by atoms with van der Waals surface area (Å²) in [5.41, 5.74) is 2.36. The first-order valence-corrected chi connectivity index (χ1v) is 9.63. The number of benzene rings is 2. The number of likely N-dealkylation sites (N-methyl/N-ethyl adjacent to an activating group) is 1. The van der Waals surface area contributed by atoms with Crippen molar-refractivity contribution in [1.29, 1.82) is 0 Å². The smallest absolute Gasteiger partial charge is 0.338 e. The standard InChI is InChI=1S/C22H27N3O3/c1-4-5-15-28-22(26)17-10-12-18(13-11-17)25-20-9-7-6-8-19(20)21(23-25)27-16-14-24(2)3/h6-13H,4-5,14-16H2,1-3H3. The molecular weight excluding hydrogens is 354 g/mol. The maximum atomic E-state index is 12.1. The second-order valence-corrected chi connectivity index (χ2v) is 6.92. The van der Waals surface area contributed by atoms with Gasteiger partial charge in [-0.3, -0.25) is 0 Å². The van der Waals surface area contributed by atoms with E-state index in [-0.39, 0.29) is 5.97 Å². The molecule has 0 saturated heterocycles. The molecule has 3 aromatic rings. The minimum absolute atomic E-state index is 0.293. The monoisotopic (exact) mass is 381 g/mol. The predicted octanol–water partition coefficient (Wildman–Crippen LogP) is 3.92. The SMILES string of the molecule is CCCCOC(=O)c1ccc(-n2nc(OCCN(C)C)c3ccccc32)cc1. The van der Waals surface area contributed by atoms with Crippen LogP contribution in [0.15, 0.2) is 48.5 Å². The molecule has 1 heterocycles. The molecule has 1 aromatic heterocycles. The molecule has 0 N–H and O–H groups in total. The van der Waals surface area contributed by atoms with E-state index in [1.54, 1.807) is 12.1 Å². The lowest BCUT2D eigenvalue weighted by Gasteiger charge is -2.09. The van der Waals surface area contributed by atoms with Crippen LogP contribution in [0.2, 0.25) is 0 Å². The highest BCUT2D eigenvalue weighted by Gasteiger charge is 2.14. The van der Waals surface area contributed by atoms with Crippen molar-refractivity contribution in [3.05, 3.63) is 54.1 Å². The van der Waals surface area contributed by atoms with Gasteiger partial charge in [0, 0.05) is 6.54 Å². The summed E-state index contributed by atoms with van der Waals surface area (Å²) in [4.78, 5) is 14.2. The van der Waals surface area contributed by atoms with Gasteiger partial charge in [-0.1, -0.05) is 25.5 Å². The normalized spacial score (nSPS) is 11.1. The molecule has 0 aliphatic carbocycles. The number of nitrogens with zero attached hydrogens (tertiary/aromatic N) is 3. The van der Waals surface area contributed by atoms with Crippen molar-refractivity contribution in [1.82, 2.24) is 14.7 Å². The lowest BCUT2D eigenvalue weighted by Crippen LogP contribution is -2.19. The van der Waals surface area contributed by atoms with Crippen LogP contribution in [0, 0.1) is 0 Å². The summed E-state index contributed by atoms with van der Waals surface area (Å²) < 4.78 is 13.0. The predicted molar refractivity (Wildman–Crippen MR) is 110 cm³/mol. The third kappa shape index (κ3) is 4.70. The molecule has 6 heteroatoms. The van der Waals surface area contributed by atoms with E-state index < -0.39 is 0 Å². The Bertz CT molecular complexity index is 916. The number of fused-ring (bicyclic) bond motifs is 1. The summed E-state index contributed by atoms with van der Waals surface area (Å²) in [6, 6.07) is 15.3. The number of hydrogen-bond acceptors (Lipinski definition) is 5. The maximum Gasteiger partial charge on any atom is 0.338 e. The van der Waals surface area contributed by atoms with Gasteiger partial charge in [0.15, 0.2) is 0 Å². The number of rotatable bonds is 9. The van der Waals surface area contributed by atoms with Crippen LogP contribution in [0.3, 0.4) is 0 Å². The van der Waals surface area contributed by atoms with Crippen LogP contribution in [0.25, 0.3) is 16.6 Å². The highest BCUT2D eigenvalue weighted by Crippen LogP contribution is 2.27. The molecule has 28 heavy (non-hydrogen) atoms. The molecule has 2 aromatic carbocycles. The Morgan fingerprint density at radius 3 is 2.54 bits per heavy atom. The van der Waals surface area contributed by atoms with Gasteiger partial charge in [-0.05, 0) is 56.9 Å². The first-order valence-electron chi connectivity index (χ1n) is 9.63. The van der Waals surface area contributed by atoms with E-state index in [2.05, 4.69) is 16.9 Å². The Balaban J connectivity index is 1.82. The molecule has 0 unspecified atom stereocenters. The van der Waals surface area contributed by atoms with Gasteiger partial charge in [-0.2, -0.15) is 0 Å². The summed E-state index contributed by atoms with van der Waals surface area (Å²) in [6.45, 7) is 3.90. The molecule has 6 nitrogen and oxygen atoms in total. The summed E-state index contributed by atoms with van der Waals surface area (Å²) in [6.07, 6.45) is 1.87. The molecular formula is C22H27N3O3. The molecule has 0 atom stereocenters. The van der Waals surface area contributed by atoms with Gasteiger partial charge in [0.1, 0.15) is 6.61 Å². The zero-order valence-electron chi connectivity index (χ0n) is 16.7. The molecule has 0 radical (unpaired) electrons. The lowest BCUT2D eigenvalue weighted by atomic mass is 10.2. The van der Waals surface area contributed by atoms with Crippen LogP contribution in [0.1, 0.15) is 30.1 Å². The average Bonchev–Trinajstić information content (AvgIpc) is 3.07. The molecule has 0 saturated carbocycles. The minimum atomic E-state index is -0.293. The van der Waals surface area contributed by atoms with Gasteiger partial charge in [0.05, 0.1) is 28.8 Å². The summed E-state index contributed by atoms with van der Waals surface area (Å²) >= 11 is 0. The van der Waals surface area contributed by atoms with Crippen molar-refractivity contribution in [2.75, 3.05) is 33.9 Å². The highest BCUT2D eigenvalue weighted by atomic mass is 16.5. The van der Waals surface area contributed by atoms with Crippen molar-refractivity contribution < 1.29 is 14.3 Å². The van der Waals surface area contributed by atoms with E-state index in [4.69, 9.17) is 9.47 Å². The van der Waals surface area contributed by atoms with E-state index in [0.717, 1.165) is 36.0 Å². The fraction of sp³-hybridized carbons (Fsp3) is 0.364. The van der Waals surface area contributed by atoms with E-state index in [9.17, 15) is 4.79 Å². The number of carbonyl (C=O) groups excluding carboxylic acids is 1.